The lowest BCUT2D eigenvalue weighted by Crippen LogP contribution is -2.33. The van der Waals surface area contributed by atoms with Crippen LogP contribution < -0.4 is 4.74 Å². The molecule has 0 saturated heterocycles. The third kappa shape index (κ3) is 4.78. The Labute approximate surface area is 146 Å². The summed E-state index contributed by atoms with van der Waals surface area (Å²) in [6, 6.07) is 12.9. The van der Waals surface area contributed by atoms with Crippen molar-refractivity contribution in [3.63, 3.8) is 0 Å². The van der Waals surface area contributed by atoms with Crippen LogP contribution >= 0.6 is 0 Å². The van der Waals surface area contributed by atoms with Crippen LogP contribution in [0.2, 0.25) is 0 Å². The van der Waals surface area contributed by atoms with Gasteiger partial charge in [-0.25, -0.2) is 8.78 Å². The zero-order valence-corrected chi connectivity index (χ0v) is 14.0. The molecule has 2 aromatic rings. The van der Waals surface area contributed by atoms with Gasteiger partial charge in [0, 0.05) is 24.6 Å². The number of carbonyl (C=O) groups excluding carboxylic acids is 1. The van der Waals surface area contributed by atoms with Gasteiger partial charge in [0.25, 0.3) is 0 Å². The minimum Gasteiger partial charge on any atom is -0.491 e. The quantitative estimate of drug-likeness (QED) is 0.667. The SMILES string of the molecule is O=C(CCCOc1ccccc1F)N(Cc1ccccc1F)C1CC1. The fraction of sp³-hybridized carbons (Fsp3) is 0.350. The molecule has 0 aliphatic heterocycles. The van der Waals surface area contributed by atoms with Crippen molar-refractivity contribution in [2.75, 3.05) is 6.61 Å². The van der Waals surface area contributed by atoms with Crippen LogP contribution in [0.5, 0.6) is 5.75 Å². The van der Waals surface area contributed by atoms with Gasteiger partial charge in [0.1, 0.15) is 5.82 Å². The molecule has 1 amide bonds. The highest BCUT2D eigenvalue weighted by atomic mass is 19.1. The number of hydrogen-bond donors (Lipinski definition) is 0. The highest BCUT2D eigenvalue weighted by molar-refractivity contribution is 5.76. The molecular weight excluding hydrogens is 324 g/mol. The van der Waals surface area contributed by atoms with E-state index in [1.54, 1.807) is 41.3 Å². The Bertz CT molecular complexity index is 731. The van der Waals surface area contributed by atoms with E-state index in [4.69, 9.17) is 4.74 Å². The van der Waals surface area contributed by atoms with Crippen molar-refractivity contribution < 1.29 is 18.3 Å². The summed E-state index contributed by atoms with van der Waals surface area (Å²) in [5.41, 5.74) is 0.533. The Morgan fingerprint density at radius 3 is 2.40 bits per heavy atom. The molecule has 0 bridgehead atoms. The number of benzene rings is 2. The summed E-state index contributed by atoms with van der Waals surface area (Å²) in [7, 11) is 0. The molecule has 0 heterocycles. The van der Waals surface area contributed by atoms with Gasteiger partial charge in [0.15, 0.2) is 11.6 Å². The smallest absolute Gasteiger partial charge is 0.223 e. The minimum atomic E-state index is -0.409. The zero-order valence-electron chi connectivity index (χ0n) is 14.0. The van der Waals surface area contributed by atoms with Crippen LogP contribution in [-0.2, 0) is 11.3 Å². The molecule has 132 valence electrons. The molecule has 0 unspecified atom stereocenters. The van der Waals surface area contributed by atoms with Crippen LogP contribution in [0.1, 0.15) is 31.2 Å². The summed E-state index contributed by atoms with van der Waals surface area (Å²) in [5, 5.41) is 0. The van der Waals surface area contributed by atoms with E-state index in [1.807, 2.05) is 0 Å². The third-order valence-electron chi connectivity index (χ3n) is 4.24. The first-order chi connectivity index (χ1) is 12.1. The number of ether oxygens (including phenoxy) is 1. The number of para-hydroxylation sites is 1. The van der Waals surface area contributed by atoms with E-state index in [2.05, 4.69) is 0 Å². The van der Waals surface area contributed by atoms with Crippen molar-refractivity contribution in [2.45, 2.75) is 38.3 Å². The van der Waals surface area contributed by atoms with Crippen molar-refractivity contribution in [3.05, 3.63) is 65.7 Å². The van der Waals surface area contributed by atoms with Gasteiger partial charge < -0.3 is 9.64 Å². The lowest BCUT2D eigenvalue weighted by atomic mass is 10.2. The van der Waals surface area contributed by atoms with Gasteiger partial charge in [0.05, 0.1) is 6.61 Å². The average Bonchev–Trinajstić information content (AvgIpc) is 3.44. The molecule has 2 aromatic carbocycles. The molecule has 1 aliphatic rings. The summed E-state index contributed by atoms with van der Waals surface area (Å²) >= 11 is 0. The summed E-state index contributed by atoms with van der Waals surface area (Å²) in [6.45, 7) is 0.565. The van der Waals surface area contributed by atoms with Gasteiger partial charge in [-0.2, -0.15) is 0 Å². The number of halogens is 2. The number of carbonyl (C=O) groups is 1. The van der Waals surface area contributed by atoms with Gasteiger partial charge in [-0.05, 0) is 37.5 Å². The fourth-order valence-corrected chi connectivity index (χ4v) is 2.73. The van der Waals surface area contributed by atoms with Crippen LogP contribution in [0, 0.1) is 11.6 Å². The molecule has 0 spiro atoms. The Morgan fingerprint density at radius 2 is 1.72 bits per heavy atom. The second kappa shape index (κ2) is 8.10. The lowest BCUT2D eigenvalue weighted by Gasteiger charge is -2.23. The predicted molar refractivity (Wildman–Crippen MR) is 91.1 cm³/mol. The van der Waals surface area contributed by atoms with Gasteiger partial charge in [-0.3, -0.25) is 4.79 Å². The van der Waals surface area contributed by atoms with E-state index in [0.29, 0.717) is 24.9 Å². The molecule has 0 radical (unpaired) electrons. The van der Waals surface area contributed by atoms with Crippen LogP contribution in [0.15, 0.2) is 48.5 Å². The monoisotopic (exact) mass is 345 g/mol. The molecule has 1 saturated carbocycles. The van der Waals surface area contributed by atoms with Gasteiger partial charge >= 0.3 is 0 Å². The van der Waals surface area contributed by atoms with E-state index in [1.165, 1.54) is 12.1 Å². The van der Waals surface area contributed by atoms with Crippen molar-refractivity contribution in [2.24, 2.45) is 0 Å². The van der Waals surface area contributed by atoms with E-state index in [0.717, 1.165) is 12.8 Å². The normalized spacial score (nSPS) is 13.5. The lowest BCUT2D eigenvalue weighted by molar-refractivity contribution is -0.132. The zero-order chi connectivity index (χ0) is 17.6. The molecule has 0 atom stereocenters. The number of nitrogens with zero attached hydrogens (tertiary/aromatic N) is 1. The molecule has 3 nitrogen and oxygen atoms in total. The van der Waals surface area contributed by atoms with E-state index in [-0.39, 0.29) is 30.1 Å². The molecule has 0 N–H and O–H groups in total. The first-order valence-corrected chi connectivity index (χ1v) is 8.55. The van der Waals surface area contributed by atoms with Crippen LogP contribution in [-0.4, -0.2) is 23.5 Å². The highest BCUT2D eigenvalue weighted by Crippen LogP contribution is 2.29. The summed E-state index contributed by atoms with van der Waals surface area (Å²) < 4.78 is 32.7. The first-order valence-electron chi connectivity index (χ1n) is 8.55. The van der Waals surface area contributed by atoms with Crippen LogP contribution in [0.3, 0.4) is 0 Å². The van der Waals surface area contributed by atoms with E-state index >= 15 is 0 Å². The highest BCUT2D eigenvalue weighted by Gasteiger charge is 2.32. The summed E-state index contributed by atoms with van der Waals surface area (Å²) in [6.07, 6.45) is 2.73. The fourth-order valence-electron chi connectivity index (χ4n) is 2.73. The number of rotatable bonds is 8. The first kappa shape index (κ1) is 17.4. The number of hydrogen-bond acceptors (Lipinski definition) is 2. The van der Waals surface area contributed by atoms with Crippen LogP contribution in [0.25, 0.3) is 0 Å². The standard InChI is InChI=1S/C20H21F2NO2/c21-17-7-2-1-6-15(17)14-23(16-11-12-16)20(24)10-5-13-25-19-9-4-3-8-18(19)22/h1-4,6-9,16H,5,10-14H2. The average molecular weight is 345 g/mol. The Hall–Kier alpha value is -2.43. The third-order valence-corrected chi connectivity index (χ3v) is 4.24. The predicted octanol–water partition coefficient (Wildman–Crippen LogP) is 4.32. The Balaban J connectivity index is 1.50. The van der Waals surface area contributed by atoms with Crippen molar-refractivity contribution >= 4 is 5.91 Å². The van der Waals surface area contributed by atoms with Crippen LogP contribution in [0.4, 0.5) is 8.78 Å². The van der Waals surface area contributed by atoms with Crippen molar-refractivity contribution in [3.8, 4) is 5.75 Å². The second-order valence-corrected chi connectivity index (χ2v) is 6.23. The molecular formula is C20H21F2NO2. The minimum absolute atomic E-state index is 0.0112. The largest absolute Gasteiger partial charge is 0.491 e. The molecule has 5 heteroatoms. The molecule has 25 heavy (non-hydrogen) atoms. The van der Waals surface area contributed by atoms with E-state index < -0.39 is 5.82 Å². The maximum Gasteiger partial charge on any atom is 0.223 e. The molecule has 1 fully saturated rings. The summed E-state index contributed by atoms with van der Waals surface area (Å²) in [4.78, 5) is 14.2. The molecule has 3 rings (SSSR count). The summed E-state index contributed by atoms with van der Waals surface area (Å²) in [5.74, 6) is -0.514. The second-order valence-electron chi connectivity index (χ2n) is 6.23. The number of amides is 1. The molecule has 1 aliphatic carbocycles. The maximum absolute atomic E-state index is 13.8. The van der Waals surface area contributed by atoms with Gasteiger partial charge in [-0.15, -0.1) is 0 Å². The van der Waals surface area contributed by atoms with Gasteiger partial charge in [0.2, 0.25) is 5.91 Å². The Morgan fingerprint density at radius 1 is 1.04 bits per heavy atom. The van der Waals surface area contributed by atoms with Crippen molar-refractivity contribution in [1.82, 2.24) is 4.90 Å². The van der Waals surface area contributed by atoms with Crippen molar-refractivity contribution in [1.29, 1.82) is 0 Å². The Kier molecular flexibility index (Phi) is 5.64. The van der Waals surface area contributed by atoms with Gasteiger partial charge in [-0.1, -0.05) is 30.3 Å². The van der Waals surface area contributed by atoms with E-state index in [9.17, 15) is 13.6 Å². The molecule has 0 aromatic heterocycles. The maximum atomic E-state index is 13.8. The topological polar surface area (TPSA) is 29.5 Å².